The summed E-state index contributed by atoms with van der Waals surface area (Å²) in [6.07, 6.45) is 0.283. The fraction of sp³-hybridized carbons (Fsp3) is 0.289. The average molecular weight is 858 g/mol. The molecule has 0 saturated carbocycles. The summed E-state index contributed by atoms with van der Waals surface area (Å²) in [4.78, 5) is 25.8. The first-order valence-electron chi connectivity index (χ1n) is 19.1. The number of aliphatic hydroxyl groups is 2. The highest BCUT2D eigenvalue weighted by atomic mass is 35.5. The minimum atomic E-state index is -1.10. The van der Waals surface area contributed by atoms with Crippen LogP contribution in [0.4, 0.5) is 0 Å². The van der Waals surface area contributed by atoms with Gasteiger partial charge >= 0.3 is 11.9 Å². The lowest BCUT2D eigenvalue weighted by molar-refractivity contribution is -0.140. The van der Waals surface area contributed by atoms with Crippen molar-refractivity contribution in [3.63, 3.8) is 0 Å². The number of carboxylic acid groups (broad SMARTS) is 2. The van der Waals surface area contributed by atoms with Crippen molar-refractivity contribution < 1.29 is 44.2 Å². The first kappa shape index (κ1) is 45.4. The Hall–Kier alpha value is -5.72. The van der Waals surface area contributed by atoms with Crippen LogP contribution >= 0.6 is 23.2 Å². The summed E-state index contributed by atoms with van der Waals surface area (Å²) in [5, 5.41) is 53.7. The molecule has 1 heterocycles. The van der Waals surface area contributed by atoms with Crippen LogP contribution in [0.15, 0.2) is 85.2 Å². The Labute approximate surface area is 358 Å². The van der Waals surface area contributed by atoms with Crippen LogP contribution in [0.2, 0.25) is 10.0 Å². The van der Waals surface area contributed by atoms with Gasteiger partial charge in [-0.2, -0.15) is 5.26 Å². The predicted octanol–water partition coefficient (Wildman–Crippen LogP) is 7.10. The topological polar surface area (TPSA) is 203 Å². The van der Waals surface area contributed by atoms with Gasteiger partial charge in [0.05, 0.1) is 40.7 Å². The molecular formula is C45H46Cl2N4O9. The molecular weight excluding hydrogens is 811 g/mol. The number of pyridine rings is 1. The molecule has 0 fully saturated rings. The molecule has 13 nitrogen and oxygen atoms in total. The fourth-order valence-electron chi connectivity index (χ4n) is 6.49. The van der Waals surface area contributed by atoms with E-state index in [-0.39, 0.29) is 39.3 Å². The van der Waals surface area contributed by atoms with Gasteiger partial charge in [0.1, 0.15) is 43.1 Å². The quantitative estimate of drug-likeness (QED) is 0.0385. The maximum atomic E-state index is 11.0. The molecule has 60 heavy (non-hydrogen) atoms. The van der Waals surface area contributed by atoms with E-state index in [4.69, 9.17) is 47.6 Å². The van der Waals surface area contributed by atoms with Crippen LogP contribution in [0.1, 0.15) is 46.2 Å². The largest absolute Gasteiger partial charge is 0.492 e. The van der Waals surface area contributed by atoms with E-state index in [0.29, 0.717) is 57.1 Å². The lowest BCUT2D eigenvalue weighted by Crippen LogP contribution is -2.31. The fourth-order valence-corrected chi connectivity index (χ4v) is 7.00. The average Bonchev–Trinajstić information content (AvgIpc) is 3.20. The van der Waals surface area contributed by atoms with Crippen LogP contribution in [0.3, 0.4) is 0 Å². The van der Waals surface area contributed by atoms with E-state index in [1.807, 2.05) is 43.3 Å². The maximum Gasteiger partial charge on any atom is 0.306 e. The minimum absolute atomic E-state index is 0.0363. The van der Waals surface area contributed by atoms with E-state index in [1.54, 1.807) is 30.5 Å². The summed E-state index contributed by atoms with van der Waals surface area (Å²) in [7, 11) is 0. The Kier molecular flexibility index (Phi) is 16.7. The van der Waals surface area contributed by atoms with Crippen molar-refractivity contribution in [3.8, 4) is 45.6 Å². The van der Waals surface area contributed by atoms with Gasteiger partial charge in [-0.25, -0.2) is 0 Å². The van der Waals surface area contributed by atoms with Crippen molar-refractivity contribution in [2.45, 2.75) is 58.7 Å². The van der Waals surface area contributed by atoms with E-state index in [2.05, 4.69) is 40.7 Å². The molecule has 0 radical (unpaired) electrons. The van der Waals surface area contributed by atoms with E-state index >= 15 is 0 Å². The number of aliphatic carboxylic acids is 2. The van der Waals surface area contributed by atoms with E-state index in [1.165, 1.54) is 6.20 Å². The number of aliphatic hydroxyl groups excluding tert-OH is 2. The molecule has 2 atom stereocenters. The summed E-state index contributed by atoms with van der Waals surface area (Å²) in [5.74, 6) is -0.768. The van der Waals surface area contributed by atoms with Gasteiger partial charge in [-0.15, -0.1) is 0 Å². The molecule has 0 unspecified atom stereocenters. The number of hydrogen-bond donors (Lipinski definition) is 6. The van der Waals surface area contributed by atoms with Gasteiger partial charge in [0, 0.05) is 61.3 Å². The van der Waals surface area contributed by atoms with Gasteiger partial charge < -0.3 is 45.3 Å². The Morgan fingerprint density at radius 1 is 0.733 bits per heavy atom. The molecule has 15 heteroatoms. The molecule has 4 aromatic carbocycles. The van der Waals surface area contributed by atoms with Crippen molar-refractivity contribution in [3.05, 3.63) is 129 Å². The molecule has 0 amide bonds. The van der Waals surface area contributed by atoms with E-state index in [9.17, 15) is 25.1 Å². The number of carboxylic acids is 2. The minimum Gasteiger partial charge on any atom is -0.492 e. The van der Waals surface area contributed by atoms with Gasteiger partial charge in [0.2, 0.25) is 0 Å². The molecule has 0 spiro atoms. The van der Waals surface area contributed by atoms with Crippen molar-refractivity contribution in [1.82, 2.24) is 15.6 Å². The summed E-state index contributed by atoms with van der Waals surface area (Å²) in [6, 6.07) is 24.7. The summed E-state index contributed by atoms with van der Waals surface area (Å²) in [6.45, 7) is 5.49. The number of ether oxygens (including phenoxy) is 3. The second-order valence-corrected chi connectivity index (χ2v) is 14.9. The number of nitriles is 1. The molecule has 5 rings (SSSR count). The number of halogens is 2. The third-order valence-corrected chi connectivity index (χ3v) is 10.2. The lowest BCUT2D eigenvalue weighted by Gasteiger charge is -2.19. The third kappa shape index (κ3) is 12.9. The molecule has 0 aliphatic carbocycles. The normalized spacial score (nSPS) is 12.0. The second-order valence-electron chi connectivity index (χ2n) is 14.1. The van der Waals surface area contributed by atoms with E-state index in [0.717, 1.165) is 38.9 Å². The van der Waals surface area contributed by atoms with Crippen molar-refractivity contribution in [1.29, 1.82) is 5.26 Å². The second kappa shape index (κ2) is 22.0. The van der Waals surface area contributed by atoms with E-state index < -0.39 is 30.6 Å². The van der Waals surface area contributed by atoms with Crippen molar-refractivity contribution in [2.24, 2.45) is 0 Å². The Morgan fingerprint density at radius 2 is 1.38 bits per heavy atom. The first-order valence-corrected chi connectivity index (χ1v) is 19.8. The maximum absolute atomic E-state index is 11.0. The zero-order chi connectivity index (χ0) is 43.2. The van der Waals surface area contributed by atoms with Gasteiger partial charge in [-0.05, 0) is 77.6 Å². The lowest BCUT2D eigenvalue weighted by atomic mass is 9.89. The van der Waals surface area contributed by atoms with Crippen molar-refractivity contribution >= 4 is 35.1 Å². The molecule has 1 aromatic heterocycles. The molecule has 314 valence electrons. The number of aromatic nitrogens is 1. The van der Waals surface area contributed by atoms with Crippen LogP contribution < -0.4 is 24.8 Å². The monoisotopic (exact) mass is 856 g/mol. The molecule has 6 N–H and O–H groups in total. The highest BCUT2D eigenvalue weighted by Gasteiger charge is 2.17. The highest BCUT2D eigenvalue weighted by Crippen LogP contribution is 2.39. The summed E-state index contributed by atoms with van der Waals surface area (Å²) in [5.41, 5.74) is 8.52. The summed E-state index contributed by atoms with van der Waals surface area (Å²) < 4.78 is 18.3. The first-order chi connectivity index (χ1) is 28.8. The number of nitrogens with zero attached hydrogens (tertiary/aromatic N) is 2. The zero-order valence-corrected chi connectivity index (χ0v) is 34.6. The molecule has 0 aliphatic rings. The molecule has 0 bridgehead atoms. The smallest absolute Gasteiger partial charge is 0.306 e. The van der Waals surface area contributed by atoms with Gasteiger partial charge in [-0.1, -0.05) is 59.6 Å². The number of carbonyl (C=O) groups is 2. The van der Waals surface area contributed by atoms with Gasteiger partial charge in [0.25, 0.3) is 0 Å². The van der Waals surface area contributed by atoms with Crippen LogP contribution in [-0.2, 0) is 29.3 Å². The molecule has 0 saturated heterocycles. The summed E-state index contributed by atoms with van der Waals surface area (Å²) >= 11 is 13.6. The zero-order valence-electron chi connectivity index (χ0n) is 33.1. The number of nitrogens with one attached hydrogen (secondary N) is 2. The van der Waals surface area contributed by atoms with Gasteiger partial charge in [0.15, 0.2) is 0 Å². The van der Waals surface area contributed by atoms with Crippen LogP contribution in [0.5, 0.6) is 17.2 Å². The molecule has 5 aromatic rings. The third-order valence-electron chi connectivity index (χ3n) is 9.56. The van der Waals surface area contributed by atoms with Gasteiger partial charge in [-0.3, -0.25) is 14.6 Å². The molecule has 0 aliphatic heterocycles. The standard InChI is InChI=1S/C45H46Cl2N4O9/c1-27-31(26-60-43-18-42(59-25-30-13-29(19-48)20-50-21-30)32(14-41(43)47)22-51-24-34(53)16-45(56)57)5-3-6-36(27)37-7-4-8-38(28(37)2)39-10-9-35(17-40(39)46)58-12-11-49-23-33(52)15-44(54)55/h3-10,13-14,17-18,20-21,33-34,49,51-53H,11-12,15-16,22-26H2,1-2H3,(H,54,55)(H,56,57)/t33-,34-/m0/s1. The number of benzene rings is 4. The van der Waals surface area contributed by atoms with Crippen LogP contribution in [0, 0.1) is 25.2 Å². The predicted molar refractivity (Wildman–Crippen MR) is 227 cm³/mol. The Bertz CT molecular complexity index is 2340. The van der Waals surface area contributed by atoms with Crippen molar-refractivity contribution in [2.75, 3.05) is 26.2 Å². The number of rotatable bonds is 22. The Morgan fingerprint density at radius 3 is 2.07 bits per heavy atom. The SMILES string of the molecule is Cc1c(COc2cc(OCc3cncc(C#N)c3)c(CNC[C@@H](O)CC(=O)O)cc2Cl)cccc1-c1cccc(-c2ccc(OCCNC[C@@H](O)CC(=O)O)cc2Cl)c1C. The van der Waals surface area contributed by atoms with Crippen LogP contribution in [-0.4, -0.2) is 75.8 Å². The Balaban J connectivity index is 1.30. The van der Waals surface area contributed by atoms with Crippen LogP contribution in [0.25, 0.3) is 22.3 Å². The highest BCUT2D eigenvalue weighted by molar-refractivity contribution is 6.33. The number of hydrogen-bond acceptors (Lipinski definition) is 11.